The largest absolute Gasteiger partial charge is 0.388 e. The van der Waals surface area contributed by atoms with Crippen LogP contribution in [0.2, 0.25) is 5.02 Å². The van der Waals surface area contributed by atoms with Gasteiger partial charge >= 0.3 is 0 Å². The summed E-state index contributed by atoms with van der Waals surface area (Å²) in [6.07, 6.45) is 5.06. The van der Waals surface area contributed by atoms with Gasteiger partial charge in [-0.3, -0.25) is 4.79 Å². The highest BCUT2D eigenvalue weighted by molar-refractivity contribution is 6.31. The molecule has 0 saturated heterocycles. The molecule has 0 aliphatic heterocycles. The highest BCUT2D eigenvalue weighted by Gasteiger charge is 2.48. The summed E-state index contributed by atoms with van der Waals surface area (Å²) in [5.74, 6) is -0.165. The third-order valence-corrected chi connectivity index (χ3v) is 6.92. The van der Waals surface area contributed by atoms with E-state index in [4.69, 9.17) is 11.6 Å². The zero-order valence-electron chi connectivity index (χ0n) is 16.5. The molecule has 1 spiro atoms. The first kappa shape index (κ1) is 20.5. The van der Waals surface area contributed by atoms with Gasteiger partial charge in [-0.05, 0) is 68.8 Å². The van der Waals surface area contributed by atoms with Crippen LogP contribution < -0.4 is 5.32 Å². The Bertz CT molecular complexity index is 892. The molecule has 0 radical (unpaired) electrons. The number of aliphatic hydroxyl groups is 1. The Kier molecular flexibility index (Phi) is 6.05. The molecule has 3 nitrogen and oxygen atoms in total. The Labute approximate surface area is 176 Å². The molecular formula is C24H27ClFNO2. The quantitative estimate of drug-likeness (QED) is 0.500. The number of nitrogens with one attached hydrogen (secondary N) is 1. The Morgan fingerprint density at radius 2 is 1.97 bits per heavy atom. The van der Waals surface area contributed by atoms with E-state index in [-0.39, 0.29) is 17.0 Å². The molecule has 1 unspecified atom stereocenters. The van der Waals surface area contributed by atoms with Crippen molar-refractivity contribution in [1.82, 2.24) is 5.32 Å². The SMILES string of the molecule is O=C(CCCNC1CCC2(CC1)Cc1cccc(F)c1C2O)c1cccc(Cl)c1. The Morgan fingerprint density at radius 3 is 2.69 bits per heavy atom. The lowest BCUT2D eigenvalue weighted by Gasteiger charge is -2.40. The van der Waals surface area contributed by atoms with Crippen molar-refractivity contribution in [2.75, 3.05) is 6.54 Å². The minimum absolute atomic E-state index is 0.116. The van der Waals surface area contributed by atoms with E-state index in [9.17, 15) is 14.3 Å². The number of hydrogen-bond donors (Lipinski definition) is 2. The fourth-order valence-corrected chi connectivity index (χ4v) is 5.22. The molecule has 2 N–H and O–H groups in total. The molecule has 154 valence electrons. The van der Waals surface area contributed by atoms with Crippen molar-refractivity contribution in [2.24, 2.45) is 5.41 Å². The average molecular weight is 416 g/mol. The predicted octanol–water partition coefficient (Wildman–Crippen LogP) is 5.25. The highest BCUT2D eigenvalue weighted by Crippen LogP contribution is 2.54. The van der Waals surface area contributed by atoms with Crippen molar-refractivity contribution in [1.29, 1.82) is 0 Å². The molecule has 4 rings (SSSR count). The van der Waals surface area contributed by atoms with Gasteiger partial charge in [-0.15, -0.1) is 0 Å². The van der Waals surface area contributed by atoms with Gasteiger partial charge in [0.2, 0.25) is 0 Å². The lowest BCUT2D eigenvalue weighted by molar-refractivity contribution is 0.00181. The van der Waals surface area contributed by atoms with Gasteiger partial charge < -0.3 is 10.4 Å². The normalized spacial score (nSPS) is 25.9. The second-order valence-corrected chi connectivity index (χ2v) is 8.96. The van der Waals surface area contributed by atoms with Crippen LogP contribution in [0, 0.1) is 11.2 Å². The number of halogens is 2. The van der Waals surface area contributed by atoms with Crippen molar-refractivity contribution in [2.45, 2.75) is 57.1 Å². The molecular weight excluding hydrogens is 389 g/mol. The summed E-state index contributed by atoms with van der Waals surface area (Å²) in [6, 6.07) is 12.6. The maximum atomic E-state index is 14.2. The van der Waals surface area contributed by atoms with Crippen LogP contribution in [0.4, 0.5) is 4.39 Å². The summed E-state index contributed by atoms with van der Waals surface area (Å²) in [7, 11) is 0. The maximum absolute atomic E-state index is 14.2. The lowest BCUT2D eigenvalue weighted by atomic mass is 9.69. The molecule has 2 aromatic rings. The smallest absolute Gasteiger partial charge is 0.162 e. The van der Waals surface area contributed by atoms with E-state index in [1.165, 1.54) is 6.07 Å². The number of rotatable bonds is 6. The van der Waals surface area contributed by atoms with Crippen molar-refractivity contribution in [3.05, 3.63) is 70.0 Å². The van der Waals surface area contributed by atoms with Crippen LogP contribution in [0.5, 0.6) is 0 Å². The molecule has 29 heavy (non-hydrogen) atoms. The Morgan fingerprint density at radius 1 is 1.21 bits per heavy atom. The molecule has 1 fully saturated rings. The first-order valence-corrected chi connectivity index (χ1v) is 10.8. The molecule has 1 atom stereocenters. The van der Waals surface area contributed by atoms with E-state index < -0.39 is 6.10 Å². The van der Waals surface area contributed by atoms with Gasteiger partial charge in [-0.1, -0.05) is 35.9 Å². The van der Waals surface area contributed by atoms with Crippen LogP contribution in [0.3, 0.4) is 0 Å². The zero-order chi connectivity index (χ0) is 20.4. The maximum Gasteiger partial charge on any atom is 0.162 e. The van der Waals surface area contributed by atoms with E-state index in [1.807, 2.05) is 6.07 Å². The lowest BCUT2D eigenvalue weighted by Crippen LogP contribution is -2.40. The molecule has 2 aliphatic rings. The molecule has 1 saturated carbocycles. The van der Waals surface area contributed by atoms with Crippen LogP contribution in [0.25, 0.3) is 0 Å². The number of carbonyl (C=O) groups is 1. The van der Waals surface area contributed by atoms with Crippen molar-refractivity contribution in [3.63, 3.8) is 0 Å². The molecule has 0 amide bonds. The van der Waals surface area contributed by atoms with Gasteiger partial charge in [-0.25, -0.2) is 4.39 Å². The van der Waals surface area contributed by atoms with Crippen molar-refractivity contribution < 1.29 is 14.3 Å². The number of fused-ring (bicyclic) bond motifs is 1. The van der Waals surface area contributed by atoms with Gasteiger partial charge in [0.15, 0.2) is 5.78 Å². The van der Waals surface area contributed by atoms with Crippen LogP contribution in [-0.2, 0) is 6.42 Å². The van der Waals surface area contributed by atoms with Gasteiger partial charge in [0.25, 0.3) is 0 Å². The Balaban J connectivity index is 1.23. The number of Topliss-reactive ketones (excluding diaryl/α,β-unsaturated/α-hetero) is 1. The van der Waals surface area contributed by atoms with Crippen LogP contribution in [0.1, 0.15) is 66.1 Å². The average Bonchev–Trinajstić information content (AvgIpc) is 2.99. The second kappa shape index (κ2) is 8.55. The second-order valence-electron chi connectivity index (χ2n) is 8.52. The third-order valence-electron chi connectivity index (χ3n) is 6.68. The van der Waals surface area contributed by atoms with E-state index in [1.54, 1.807) is 30.3 Å². The summed E-state index contributed by atoms with van der Waals surface area (Å²) < 4.78 is 14.2. The first-order chi connectivity index (χ1) is 14.0. The van der Waals surface area contributed by atoms with Gasteiger partial charge in [0.1, 0.15) is 5.82 Å². The first-order valence-electron chi connectivity index (χ1n) is 10.5. The van der Waals surface area contributed by atoms with Crippen LogP contribution in [-0.4, -0.2) is 23.5 Å². The molecule has 0 aromatic heterocycles. The highest BCUT2D eigenvalue weighted by atomic mass is 35.5. The number of hydrogen-bond acceptors (Lipinski definition) is 3. The number of benzene rings is 2. The standard InChI is InChI=1S/C24H27ClFNO2/c25-18-6-1-4-16(14-18)21(28)8-3-13-27-19-9-11-24(12-10-19)15-17-5-2-7-20(26)22(17)23(24)29/h1-2,4-7,14,19,23,27,29H,3,8-13,15H2. The number of aliphatic hydroxyl groups excluding tert-OH is 1. The van der Waals surface area contributed by atoms with Crippen LogP contribution in [0.15, 0.2) is 42.5 Å². The number of carbonyl (C=O) groups excluding carboxylic acids is 1. The topological polar surface area (TPSA) is 49.3 Å². The summed E-state index contributed by atoms with van der Waals surface area (Å²) in [4.78, 5) is 12.2. The molecule has 0 bridgehead atoms. The van der Waals surface area contributed by atoms with E-state index in [0.29, 0.717) is 28.6 Å². The van der Waals surface area contributed by atoms with Crippen molar-refractivity contribution in [3.8, 4) is 0 Å². The van der Waals surface area contributed by atoms with E-state index in [0.717, 1.165) is 50.6 Å². The zero-order valence-corrected chi connectivity index (χ0v) is 17.2. The van der Waals surface area contributed by atoms with Gasteiger partial charge in [0.05, 0.1) is 6.10 Å². The fourth-order valence-electron chi connectivity index (χ4n) is 5.03. The summed E-state index contributed by atoms with van der Waals surface area (Å²) in [5, 5.41) is 15.0. The Hall–Kier alpha value is -1.75. The van der Waals surface area contributed by atoms with Crippen molar-refractivity contribution >= 4 is 17.4 Å². The van der Waals surface area contributed by atoms with Crippen LogP contribution >= 0.6 is 11.6 Å². The molecule has 0 heterocycles. The predicted molar refractivity (Wildman–Crippen MR) is 113 cm³/mol. The van der Waals surface area contributed by atoms with E-state index >= 15 is 0 Å². The molecule has 2 aromatic carbocycles. The van der Waals surface area contributed by atoms with Gasteiger partial charge in [-0.2, -0.15) is 0 Å². The summed E-state index contributed by atoms with van der Waals surface area (Å²) >= 11 is 5.95. The van der Waals surface area contributed by atoms with Gasteiger partial charge in [0, 0.05) is 34.0 Å². The summed E-state index contributed by atoms with van der Waals surface area (Å²) in [5.41, 5.74) is 1.92. The monoisotopic (exact) mass is 415 g/mol. The minimum Gasteiger partial charge on any atom is -0.388 e. The van der Waals surface area contributed by atoms with E-state index in [2.05, 4.69) is 5.32 Å². The molecule has 5 heteroatoms. The fraction of sp³-hybridized carbons (Fsp3) is 0.458. The molecule has 2 aliphatic carbocycles. The number of ketones is 1. The third kappa shape index (κ3) is 4.25. The minimum atomic E-state index is -0.699. The summed E-state index contributed by atoms with van der Waals surface area (Å²) in [6.45, 7) is 0.793.